The van der Waals surface area contributed by atoms with Gasteiger partial charge < -0.3 is 10.2 Å². The van der Waals surface area contributed by atoms with E-state index in [1.54, 1.807) is 24.3 Å². The van der Waals surface area contributed by atoms with Crippen molar-refractivity contribution in [3.63, 3.8) is 0 Å². The molecule has 1 amide bonds. The Hall–Kier alpha value is -1.60. The topological polar surface area (TPSA) is 69.7 Å². The average Bonchev–Trinajstić information content (AvgIpc) is 3.14. The normalized spacial score (nSPS) is 30.4. The summed E-state index contributed by atoms with van der Waals surface area (Å²) in [6.45, 7) is 0.521. The first-order valence-corrected chi connectivity index (χ1v) is 10.7. The lowest BCUT2D eigenvalue weighted by molar-refractivity contribution is 0.0681. The lowest BCUT2D eigenvalue weighted by Crippen LogP contribution is -2.48. The van der Waals surface area contributed by atoms with Gasteiger partial charge in [-0.2, -0.15) is 0 Å². The Bertz CT molecular complexity index is 750. The van der Waals surface area contributed by atoms with Crippen LogP contribution in [-0.4, -0.2) is 56.7 Å². The van der Waals surface area contributed by atoms with Crippen molar-refractivity contribution in [3.8, 4) is 0 Å². The molecule has 0 aromatic heterocycles. The summed E-state index contributed by atoms with van der Waals surface area (Å²) in [5.74, 6) is 0.219. The average molecular weight is 363 g/mol. The molecule has 136 valence electrons. The lowest BCUT2D eigenvalue weighted by atomic mass is 9.98. The summed E-state index contributed by atoms with van der Waals surface area (Å²) in [4.78, 5) is 14.7. The number of sulfonamides is 1. The summed E-state index contributed by atoms with van der Waals surface area (Å²) in [6.07, 6.45) is 5.11. The molecular weight excluding hydrogens is 338 g/mol. The maximum Gasteiger partial charge on any atom is 0.253 e. The monoisotopic (exact) mass is 363 g/mol. The van der Waals surface area contributed by atoms with E-state index in [2.05, 4.69) is 5.32 Å². The smallest absolute Gasteiger partial charge is 0.253 e. The standard InChI is InChI=1S/C18H25N3O3S/c1-20(17-11-14-5-6-15(12-17)19-14)18(22)13-3-7-16(8-4-13)21-9-2-10-25(21,23)24/h3-4,7-8,14-15,17,19H,2,5-6,9-12H2,1H3. The number of amides is 1. The highest BCUT2D eigenvalue weighted by molar-refractivity contribution is 7.93. The predicted molar refractivity (Wildman–Crippen MR) is 97.3 cm³/mol. The molecule has 6 nitrogen and oxygen atoms in total. The fourth-order valence-electron chi connectivity index (χ4n) is 4.41. The van der Waals surface area contributed by atoms with Gasteiger partial charge in [0.25, 0.3) is 5.91 Å². The minimum absolute atomic E-state index is 0.0159. The third-order valence-electron chi connectivity index (χ3n) is 5.82. The van der Waals surface area contributed by atoms with Crippen molar-refractivity contribution in [2.24, 2.45) is 0 Å². The van der Waals surface area contributed by atoms with Gasteiger partial charge in [-0.1, -0.05) is 0 Å². The molecule has 3 aliphatic heterocycles. The summed E-state index contributed by atoms with van der Waals surface area (Å²) < 4.78 is 25.5. The number of fused-ring (bicyclic) bond motifs is 2. The van der Waals surface area contributed by atoms with Gasteiger partial charge in [-0.3, -0.25) is 9.10 Å². The van der Waals surface area contributed by atoms with Crippen LogP contribution in [0.3, 0.4) is 0 Å². The van der Waals surface area contributed by atoms with Crippen LogP contribution in [0.2, 0.25) is 0 Å². The fraction of sp³-hybridized carbons (Fsp3) is 0.611. The van der Waals surface area contributed by atoms with E-state index >= 15 is 0 Å². The first-order chi connectivity index (χ1) is 11.9. The molecule has 3 fully saturated rings. The number of rotatable bonds is 3. The minimum atomic E-state index is -3.18. The van der Waals surface area contributed by atoms with E-state index < -0.39 is 10.0 Å². The number of carbonyl (C=O) groups is 1. The van der Waals surface area contributed by atoms with Crippen LogP contribution in [0.15, 0.2) is 24.3 Å². The van der Waals surface area contributed by atoms with Crippen LogP contribution in [0.5, 0.6) is 0 Å². The number of nitrogens with one attached hydrogen (secondary N) is 1. The molecule has 2 unspecified atom stereocenters. The SMILES string of the molecule is CN(C(=O)c1ccc(N2CCCS2(=O)=O)cc1)C1CC2CCC(C1)N2. The molecule has 0 radical (unpaired) electrons. The molecular formula is C18H25N3O3S. The molecule has 0 aliphatic carbocycles. The molecule has 1 aromatic rings. The van der Waals surface area contributed by atoms with E-state index in [-0.39, 0.29) is 17.7 Å². The molecule has 0 spiro atoms. The van der Waals surface area contributed by atoms with Gasteiger partial charge in [0.2, 0.25) is 10.0 Å². The van der Waals surface area contributed by atoms with Crippen LogP contribution in [0.1, 0.15) is 42.5 Å². The van der Waals surface area contributed by atoms with Crippen LogP contribution in [0, 0.1) is 0 Å². The first kappa shape index (κ1) is 16.8. The van der Waals surface area contributed by atoms with Gasteiger partial charge >= 0.3 is 0 Å². The maximum atomic E-state index is 12.8. The van der Waals surface area contributed by atoms with Crippen molar-refractivity contribution in [3.05, 3.63) is 29.8 Å². The van der Waals surface area contributed by atoms with Crippen molar-refractivity contribution < 1.29 is 13.2 Å². The van der Waals surface area contributed by atoms with Crippen molar-refractivity contribution in [2.45, 2.75) is 50.2 Å². The second-order valence-corrected chi connectivity index (χ2v) is 9.48. The summed E-state index contributed by atoms with van der Waals surface area (Å²) in [7, 11) is -1.30. The summed E-state index contributed by atoms with van der Waals surface area (Å²) in [5.41, 5.74) is 1.27. The minimum Gasteiger partial charge on any atom is -0.339 e. The van der Waals surface area contributed by atoms with Crippen LogP contribution in [0.4, 0.5) is 5.69 Å². The van der Waals surface area contributed by atoms with Gasteiger partial charge in [0.05, 0.1) is 11.4 Å². The van der Waals surface area contributed by atoms with E-state index in [1.807, 2.05) is 11.9 Å². The fourth-order valence-corrected chi connectivity index (χ4v) is 5.98. The zero-order valence-electron chi connectivity index (χ0n) is 14.5. The molecule has 1 N–H and O–H groups in total. The highest BCUT2D eigenvalue weighted by Crippen LogP contribution is 2.30. The number of piperidine rings is 1. The van der Waals surface area contributed by atoms with Crippen LogP contribution >= 0.6 is 0 Å². The molecule has 7 heteroatoms. The third kappa shape index (κ3) is 3.15. The van der Waals surface area contributed by atoms with E-state index in [1.165, 1.54) is 17.1 Å². The van der Waals surface area contributed by atoms with Gasteiger partial charge in [-0.25, -0.2) is 8.42 Å². The second-order valence-electron chi connectivity index (χ2n) is 7.47. The van der Waals surface area contributed by atoms with Crippen molar-refractivity contribution in [1.29, 1.82) is 0 Å². The van der Waals surface area contributed by atoms with Crippen molar-refractivity contribution >= 4 is 21.6 Å². The van der Waals surface area contributed by atoms with Gasteiger partial charge in [0, 0.05) is 37.3 Å². The second kappa shape index (κ2) is 6.29. The van der Waals surface area contributed by atoms with Crippen LogP contribution in [-0.2, 0) is 10.0 Å². The largest absolute Gasteiger partial charge is 0.339 e. The molecule has 3 saturated heterocycles. The van der Waals surface area contributed by atoms with Gasteiger partial charge in [0.15, 0.2) is 0 Å². The van der Waals surface area contributed by atoms with Crippen molar-refractivity contribution in [2.75, 3.05) is 23.7 Å². The third-order valence-corrected chi connectivity index (χ3v) is 7.69. The summed E-state index contributed by atoms with van der Waals surface area (Å²) in [6, 6.07) is 8.36. The predicted octanol–water partition coefficient (Wildman–Crippen LogP) is 1.58. The lowest BCUT2D eigenvalue weighted by Gasteiger charge is -2.35. The number of hydrogen-bond donors (Lipinski definition) is 1. The molecule has 0 saturated carbocycles. The van der Waals surface area contributed by atoms with Crippen LogP contribution in [0.25, 0.3) is 0 Å². The van der Waals surface area contributed by atoms with Gasteiger partial charge in [-0.05, 0) is 56.4 Å². The summed E-state index contributed by atoms with van der Waals surface area (Å²) >= 11 is 0. The Morgan fingerprint density at radius 2 is 1.80 bits per heavy atom. The highest BCUT2D eigenvalue weighted by atomic mass is 32.2. The zero-order valence-corrected chi connectivity index (χ0v) is 15.3. The Kier molecular flexibility index (Phi) is 4.24. The molecule has 4 rings (SSSR count). The van der Waals surface area contributed by atoms with Crippen LogP contribution < -0.4 is 9.62 Å². The Morgan fingerprint density at radius 1 is 1.16 bits per heavy atom. The maximum absolute atomic E-state index is 12.8. The Morgan fingerprint density at radius 3 is 2.36 bits per heavy atom. The Labute approximate surface area is 149 Å². The van der Waals surface area contributed by atoms with Gasteiger partial charge in [0.1, 0.15) is 0 Å². The zero-order chi connectivity index (χ0) is 17.6. The van der Waals surface area contributed by atoms with E-state index in [4.69, 9.17) is 0 Å². The Balaban J connectivity index is 1.47. The molecule has 3 aliphatic rings. The van der Waals surface area contributed by atoms with E-state index in [9.17, 15) is 13.2 Å². The highest BCUT2D eigenvalue weighted by Gasteiger charge is 2.36. The number of hydrogen-bond acceptors (Lipinski definition) is 4. The number of nitrogens with zero attached hydrogens (tertiary/aromatic N) is 2. The number of anilines is 1. The van der Waals surface area contributed by atoms with Gasteiger partial charge in [-0.15, -0.1) is 0 Å². The van der Waals surface area contributed by atoms with E-state index in [0.29, 0.717) is 36.3 Å². The molecule has 1 aromatic carbocycles. The molecule has 25 heavy (non-hydrogen) atoms. The quantitative estimate of drug-likeness (QED) is 0.885. The van der Waals surface area contributed by atoms with E-state index in [0.717, 1.165) is 12.8 Å². The molecule has 2 bridgehead atoms. The number of benzene rings is 1. The van der Waals surface area contributed by atoms with Crippen molar-refractivity contribution in [1.82, 2.24) is 10.2 Å². The molecule has 3 heterocycles. The first-order valence-electron chi connectivity index (χ1n) is 9.08. The number of carbonyl (C=O) groups excluding carboxylic acids is 1. The molecule has 2 atom stereocenters. The summed E-state index contributed by atoms with van der Waals surface area (Å²) in [5, 5.41) is 3.60.